The van der Waals surface area contributed by atoms with Gasteiger partial charge in [0.05, 0.1) is 42.1 Å². The number of carbonyl (C=O) groups is 1. The number of aryl methyl sites for hydroxylation is 1. The van der Waals surface area contributed by atoms with Crippen LogP contribution in [0.2, 0.25) is 0 Å². The topological polar surface area (TPSA) is 89.8 Å². The van der Waals surface area contributed by atoms with Crippen LogP contribution < -0.4 is 25.5 Å². The van der Waals surface area contributed by atoms with E-state index in [2.05, 4.69) is 10.6 Å². The molecule has 0 amide bonds. The zero-order chi connectivity index (χ0) is 27.1. The minimum Gasteiger partial charge on any atom is -0.493 e. The molecule has 0 radical (unpaired) electrons. The van der Waals surface area contributed by atoms with Crippen molar-refractivity contribution in [1.29, 1.82) is 0 Å². The van der Waals surface area contributed by atoms with Crippen LogP contribution in [0.1, 0.15) is 48.4 Å². The molecule has 2 aliphatic rings. The molecule has 1 aliphatic carbocycles. The van der Waals surface area contributed by atoms with Crippen molar-refractivity contribution in [2.45, 2.75) is 38.6 Å². The molecule has 0 fully saturated rings. The van der Waals surface area contributed by atoms with E-state index >= 15 is 0 Å². The molecule has 39 heavy (non-hydrogen) atoms. The van der Waals surface area contributed by atoms with E-state index in [4.69, 9.17) is 13.9 Å². The van der Waals surface area contributed by atoms with Crippen molar-refractivity contribution in [2.75, 3.05) is 24.4 Å². The summed E-state index contributed by atoms with van der Waals surface area (Å²) in [6.45, 7) is 4.41. The van der Waals surface area contributed by atoms with E-state index in [1.807, 2.05) is 68.4 Å². The van der Waals surface area contributed by atoms with Gasteiger partial charge < -0.3 is 24.5 Å². The Balaban J connectivity index is 1.46. The number of allylic oxidation sites excluding steroid dienone is 1. The Labute approximate surface area is 226 Å². The molecular formula is C32H30N2O5. The van der Waals surface area contributed by atoms with Crippen LogP contribution in [0.15, 0.2) is 87.4 Å². The van der Waals surface area contributed by atoms with Gasteiger partial charge in [-0.2, -0.15) is 0 Å². The van der Waals surface area contributed by atoms with Crippen LogP contribution >= 0.6 is 0 Å². The lowest BCUT2D eigenvalue weighted by molar-refractivity contribution is -0.116. The number of Topliss-reactive ketones (excluding diaryl/α,β-unsaturated/α-hetero) is 1. The first-order valence-corrected chi connectivity index (χ1v) is 13.2. The molecule has 7 nitrogen and oxygen atoms in total. The first kappa shape index (κ1) is 24.8. The highest BCUT2D eigenvalue weighted by atomic mass is 16.5. The number of methoxy groups -OCH3 is 1. The summed E-state index contributed by atoms with van der Waals surface area (Å²) in [6.07, 6.45) is 2.40. The molecule has 7 heteroatoms. The highest BCUT2D eigenvalue weighted by Gasteiger charge is 2.37. The first-order chi connectivity index (χ1) is 19.0. The zero-order valence-electron chi connectivity index (χ0n) is 22.2. The highest BCUT2D eigenvalue weighted by Crippen LogP contribution is 2.45. The summed E-state index contributed by atoms with van der Waals surface area (Å²) in [5.74, 6) is 1.24. The number of hydrogen-bond acceptors (Lipinski definition) is 7. The van der Waals surface area contributed by atoms with Crippen molar-refractivity contribution in [3.63, 3.8) is 0 Å². The Morgan fingerprint density at radius 1 is 0.974 bits per heavy atom. The SMILES string of the molecule is CCOc1ccc(C2CC(=O)C3=C(C2)Nc2ccccc2NC3c2coc3ccc(C)cc3c2=O)cc1OC. The molecule has 2 heterocycles. The Morgan fingerprint density at radius 3 is 2.59 bits per heavy atom. The number of para-hydroxylation sites is 2. The molecule has 0 saturated heterocycles. The van der Waals surface area contributed by atoms with E-state index in [0.717, 1.165) is 28.2 Å². The van der Waals surface area contributed by atoms with E-state index in [1.165, 1.54) is 6.26 Å². The molecule has 4 aromatic rings. The van der Waals surface area contributed by atoms with Gasteiger partial charge in [-0.25, -0.2) is 0 Å². The number of nitrogens with one attached hydrogen (secondary N) is 2. The molecule has 0 spiro atoms. The van der Waals surface area contributed by atoms with Crippen molar-refractivity contribution < 1.29 is 18.7 Å². The maximum atomic E-state index is 13.9. The highest BCUT2D eigenvalue weighted by molar-refractivity contribution is 6.01. The number of ether oxygens (including phenoxy) is 2. The molecule has 2 unspecified atom stereocenters. The summed E-state index contributed by atoms with van der Waals surface area (Å²) in [4.78, 5) is 27.7. The molecular weight excluding hydrogens is 492 g/mol. The van der Waals surface area contributed by atoms with Crippen molar-refractivity contribution in [1.82, 2.24) is 0 Å². The predicted octanol–water partition coefficient (Wildman–Crippen LogP) is 6.49. The van der Waals surface area contributed by atoms with Crippen LogP contribution in [0.4, 0.5) is 11.4 Å². The average molecular weight is 523 g/mol. The van der Waals surface area contributed by atoms with Crippen molar-refractivity contribution >= 4 is 28.1 Å². The molecule has 0 bridgehead atoms. The van der Waals surface area contributed by atoms with Crippen molar-refractivity contribution in [2.24, 2.45) is 0 Å². The summed E-state index contributed by atoms with van der Waals surface area (Å²) < 4.78 is 17.2. The van der Waals surface area contributed by atoms with Crippen molar-refractivity contribution in [3.05, 3.63) is 105 Å². The maximum absolute atomic E-state index is 13.9. The molecule has 0 saturated carbocycles. The van der Waals surface area contributed by atoms with Gasteiger partial charge in [-0.3, -0.25) is 9.59 Å². The van der Waals surface area contributed by atoms with Crippen LogP contribution in [0.3, 0.4) is 0 Å². The van der Waals surface area contributed by atoms with E-state index in [0.29, 0.717) is 53.1 Å². The summed E-state index contributed by atoms with van der Waals surface area (Å²) in [6, 6.07) is 18.5. The number of rotatable bonds is 5. The maximum Gasteiger partial charge on any atom is 0.198 e. The third-order valence-corrected chi connectivity index (χ3v) is 7.53. The van der Waals surface area contributed by atoms with Gasteiger partial charge in [-0.05, 0) is 68.1 Å². The second kappa shape index (κ2) is 9.98. The van der Waals surface area contributed by atoms with Crippen molar-refractivity contribution in [3.8, 4) is 11.5 Å². The smallest absolute Gasteiger partial charge is 0.198 e. The van der Waals surface area contributed by atoms with Crippen LogP contribution in [0.5, 0.6) is 11.5 Å². The molecule has 6 rings (SSSR count). The first-order valence-electron chi connectivity index (χ1n) is 13.2. The summed E-state index contributed by atoms with van der Waals surface area (Å²) >= 11 is 0. The van der Waals surface area contributed by atoms with Crippen LogP contribution in [0, 0.1) is 6.92 Å². The summed E-state index contributed by atoms with van der Waals surface area (Å²) in [5, 5.41) is 7.51. The Bertz CT molecular complexity index is 1690. The molecule has 2 N–H and O–H groups in total. The van der Waals surface area contributed by atoms with Gasteiger partial charge in [-0.15, -0.1) is 0 Å². The van der Waals surface area contributed by atoms with Crippen LogP contribution in [0.25, 0.3) is 11.0 Å². The number of hydrogen-bond donors (Lipinski definition) is 2. The van der Waals surface area contributed by atoms with Crippen LogP contribution in [-0.2, 0) is 4.79 Å². The predicted molar refractivity (Wildman–Crippen MR) is 152 cm³/mol. The number of carbonyl (C=O) groups excluding carboxylic acids is 1. The molecule has 198 valence electrons. The van der Waals surface area contributed by atoms with E-state index in [1.54, 1.807) is 13.2 Å². The second-order valence-corrected chi connectivity index (χ2v) is 10.0. The monoisotopic (exact) mass is 522 g/mol. The number of ketones is 1. The Morgan fingerprint density at radius 2 is 1.79 bits per heavy atom. The van der Waals surface area contributed by atoms with Crippen LogP contribution in [-0.4, -0.2) is 19.5 Å². The fraction of sp³-hybridized carbons (Fsp3) is 0.250. The van der Waals surface area contributed by atoms with E-state index < -0.39 is 6.04 Å². The molecule has 2 atom stereocenters. The Hall–Kier alpha value is -4.52. The fourth-order valence-corrected chi connectivity index (χ4v) is 5.63. The molecule has 3 aromatic carbocycles. The lowest BCUT2D eigenvalue weighted by atomic mass is 9.78. The largest absolute Gasteiger partial charge is 0.493 e. The zero-order valence-corrected chi connectivity index (χ0v) is 22.2. The average Bonchev–Trinajstić information content (AvgIpc) is 3.11. The normalized spacial score (nSPS) is 18.5. The minimum atomic E-state index is -0.652. The van der Waals surface area contributed by atoms with E-state index in [-0.39, 0.29) is 17.1 Å². The minimum absolute atomic E-state index is 0.0179. The van der Waals surface area contributed by atoms with Gasteiger partial charge in [0.15, 0.2) is 22.7 Å². The van der Waals surface area contributed by atoms with Gasteiger partial charge in [0.2, 0.25) is 0 Å². The third kappa shape index (κ3) is 4.44. The van der Waals surface area contributed by atoms with E-state index in [9.17, 15) is 9.59 Å². The van der Waals surface area contributed by atoms with Gasteiger partial charge >= 0.3 is 0 Å². The summed E-state index contributed by atoms with van der Waals surface area (Å²) in [7, 11) is 1.62. The van der Waals surface area contributed by atoms with Gasteiger partial charge in [0, 0.05) is 17.7 Å². The second-order valence-electron chi connectivity index (χ2n) is 10.0. The lowest BCUT2D eigenvalue weighted by Crippen LogP contribution is -2.29. The summed E-state index contributed by atoms with van der Waals surface area (Å²) in [5.41, 5.74) is 5.79. The van der Waals surface area contributed by atoms with Gasteiger partial charge in [0.1, 0.15) is 11.8 Å². The van der Waals surface area contributed by atoms with Gasteiger partial charge in [0.25, 0.3) is 0 Å². The standard InChI is InChI=1S/C32H30N2O5/c1-4-38-28-12-10-19(16-29(28)37-3)20-14-25-30(26(35)15-20)31(34-24-8-6-5-7-23(24)33-25)22-17-39-27-11-9-18(2)13-21(27)32(22)36/h5-13,16-17,20,31,33-34H,4,14-15H2,1-3H3. The fourth-order valence-electron chi connectivity index (χ4n) is 5.63. The van der Waals surface area contributed by atoms with Gasteiger partial charge in [-0.1, -0.05) is 29.8 Å². The number of anilines is 2. The number of fused-ring (bicyclic) bond motifs is 2. The molecule has 1 aromatic heterocycles. The quantitative estimate of drug-likeness (QED) is 0.310. The third-order valence-electron chi connectivity index (χ3n) is 7.53. The Kier molecular flexibility index (Phi) is 6.35. The molecule has 1 aliphatic heterocycles. The number of benzene rings is 3. The lowest BCUT2D eigenvalue weighted by Gasteiger charge is -2.29.